The number of hydrogen-bond donors (Lipinski definition) is 1. The molecule has 0 amide bonds. The summed E-state index contributed by atoms with van der Waals surface area (Å²) in [6.45, 7) is 8.30. The molecule has 0 spiro atoms. The third kappa shape index (κ3) is 2.82. The number of pyridine rings is 1. The van der Waals surface area contributed by atoms with E-state index in [-0.39, 0.29) is 0 Å². The van der Waals surface area contributed by atoms with Gasteiger partial charge in [0.15, 0.2) is 5.82 Å². The third-order valence-corrected chi connectivity index (χ3v) is 3.87. The molecule has 0 bridgehead atoms. The van der Waals surface area contributed by atoms with Gasteiger partial charge in [-0.25, -0.2) is 9.97 Å². The van der Waals surface area contributed by atoms with Crippen molar-refractivity contribution in [3.05, 3.63) is 33.6 Å². The van der Waals surface area contributed by atoms with Gasteiger partial charge in [-0.05, 0) is 46.8 Å². The summed E-state index contributed by atoms with van der Waals surface area (Å²) in [4.78, 5) is 13.7. The lowest BCUT2D eigenvalue weighted by atomic mass is 10.1. The van der Waals surface area contributed by atoms with Crippen LogP contribution in [0.5, 0.6) is 0 Å². The molecule has 106 valence electrons. The summed E-state index contributed by atoms with van der Waals surface area (Å²) in [5, 5.41) is 3.11. The Morgan fingerprint density at radius 2 is 1.90 bits per heavy atom. The van der Waals surface area contributed by atoms with Crippen LogP contribution in [-0.2, 0) is 0 Å². The number of aromatic nitrogens is 3. The van der Waals surface area contributed by atoms with Gasteiger partial charge in [0.05, 0.1) is 10.2 Å². The Bertz CT molecular complexity index is 638. The van der Waals surface area contributed by atoms with Crippen molar-refractivity contribution in [1.82, 2.24) is 15.0 Å². The van der Waals surface area contributed by atoms with Crippen molar-refractivity contribution in [2.45, 2.75) is 33.6 Å². The fourth-order valence-corrected chi connectivity index (χ4v) is 2.90. The monoisotopic (exact) mass is 334 g/mol. The van der Waals surface area contributed by atoms with Crippen molar-refractivity contribution in [3.63, 3.8) is 0 Å². The number of nitrogens with zero attached hydrogens (tertiary/aromatic N) is 3. The van der Waals surface area contributed by atoms with Crippen molar-refractivity contribution in [3.8, 4) is 11.5 Å². The first kappa shape index (κ1) is 14.9. The first-order valence-corrected chi connectivity index (χ1v) is 7.42. The Morgan fingerprint density at radius 3 is 2.45 bits per heavy atom. The summed E-state index contributed by atoms with van der Waals surface area (Å²) >= 11 is 3.57. The summed E-state index contributed by atoms with van der Waals surface area (Å²) in [6, 6.07) is 2.10. The molecule has 0 aliphatic carbocycles. The lowest BCUT2D eigenvalue weighted by Gasteiger charge is -2.14. The minimum absolute atomic E-state index is 0.309. The molecular formula is C15H19BrN4. The lowest BCUT2D eigenvalue weighted by Crippen LogP contribution is -2.06. The maximum atomic E-state index is 4.68. The van der Waals surface area contributed by atoms with Gasteiger partial charge in [-0.1, -0.05) is 19.9 Å². The molecule has 2 heterocycles. The normalized spacial score (nSPS) is 10.9. The van der Waals surface area contributed by atoms with E-state index < -0.39 is 0 Å². The van der Waals surface area contributed by atoms with Crippen LogP contribution in [0.3, 0.4) is 0 Å². The van der Waals surface area contributed by atoms with Crippen molar-refractivity contribution in [2.24, 2.45) is 0 Å². The topological polar surface area (TPSA) is 50.7 Å². The molecule has 4 nitrogen and oxygen atoms in total. The molecular weight excluding hydrogens is 316 g/mol. The van der Waals surface area contributed by atoms with Gasteiger partial charge in [0, 0.05) is 13.2 Å². The number of halogens is 1. The van der Waals surface area contributed by atoms with E-state index in [1.54, 1.807) is 0 Å². The molecule has 0 saturated carbocycles. The largest absolute Gasteiger partial charge is 0.372 e. The first-order chi connectivity index (χ1) is 9.43. The van der Waals surface area contributed by atoms with E-state index in [1.165, 1.54) is 0 Å². The molecule has 0 aliphatic rings. The highest BCUT2D eigenvalue weighted by Crippen LogP contribution is 2.31. The van der Waals surface area contributed by atoms with E-state index in [0.717, 1.165) is 32.8 Å². The van der Waals surface area contributed by atoms with E-state index in [2.05, 4.69) is 56.1 Å². The zero-order valence-corrected chi connectivity index (χ0v) is 14.0. The van der Waals surface area contributed by atoms with Crippen LogP contribution in [0.2, 0.25) is 0 Å². The van der Waals surface area contributed by atoms with Crippen molar-refractivity contribution in [2.75, 3.05) is 12.4 Å². The smallest absolute Gasteiger partial charge is 0.180 e. The predicted molar refractivity (Wildman–Crippen MR) is 86.1 cm³/mol. The Kier molecular flexibility index (Phi) is 4.38. The Balaban J connectivity index is 2.65. The van der Waals surface area contributed by atoms with Crippen LogP contribution >= 0.6 is 15.9 Å². The molecule has 0 unspecified atom stereocenters. The second-order valence-corrected chi connectivity index (χ2v) is 5.97. The Labute approximate surface area is 128 Å². The van der Waals surface area contributed by atoms with Crippen molar-refractivity contribution >= 4 is 21.7 Å². The van der Waals surface area contributed by atoms with Gasteiger partial charge < -0.3 is 5.32 Å². The average Bonchev–Trinajstić information content (AvgIpc) is 2.39. The third-order valence-electron chi connectivity index (χ3n) is 3.09. The van der Waals surface area contributed by atoms with Gasteiger partial charge >= 0.3 is 0 Å². The van der Waals surface area contributed by atoms with Crippen molar-refractivity contribution in [1.29, 1.82) is 0 Å². The maximum absolute atomic E-state index is 4.68. The summed E-state index contributed by atoms with van der Waals surface area (Å²) in [6.07, 6.45) is 1.85. The molecule has 0 aliphatic heterocycles. The first-order valence-electron chi connectivity index (χ1n) is 6.62. The maximum Gasteiger partial charge on any atom is 0.180 e. The Hall–Kier alpha value is -1.49. The molecule has 0 aromatic carbocycles. The van der Waals surface area contributed by atoms with Crippen LogP contribution in [0.15, 0.2) is 16.7 Å². The van der Waals surface area contributed by atoms with Crippen LogP contribution in [0.1, 0.15) is 36.6 Å². The number of anilines is 1. The summed E-state index contributed by atoms with van der Waals surface area (Å²) in [7, 11) is 1.86. The van der Waals surface area contributed by atoms with E-state index in [1.807, 2.05) is 27.1 Å². The molecule has 1 N–H and O–H groups in total. The zero-order chi connectivity index (χ0) is 14.9. The molecule has 5 heteroatoms. The second-order valence-electron chi connectivity index (χ2n) is 5.18. The SMILES string of the molecule is CNc1nc(-c2ncc(C)cc2C)nc(C(C)C)c1Br. The fraction of sp³-hybridized carbons (Fsp3) is 0.400. The van der Waals surface area contributed by atoms with Crippen LogP contribution in [0, 0.1) is 13.8 Å². The van der Waals surface area contributed by atoms with E-state index in [0.29, 0.717) is 11.7 Å². The highest BCUT2D eigenvalue weighted by atomic mass is 79.9. The highest BCUT2D eigenvalue weighted by Gasteiger charge is 2.16. The molecule has 0 fully saturated rings. The van der Waals surface area contributed by atoms with Gasteiger partial charge in [0.25, 0.3) is 0 Å². The molecule has 0 radical (unpaired) electrons. The van der Waals surface area contributed by atoms with E-state index >= 15 is 0 Å². The van der Waals surface area contributed by atoms with Gasteiger partial charge in [-0.15, -0.1) is 0 Å². The molecule has 0 atom stereocenters. The minimum atomic E-state index is 0.309. The van der Waals surface area contributed by atoms with Crippen LogP contribution in [0.25, 0.3) is 11.5 Å². The zero-order valence-electron chi connectivity index (χ0n) is 12.5. The Morgan fingerprint density at radius 1 is 1.20 bits per heavy atom. The number of aryl methyl sites for hydroxylation is 2. The summed E-state index contributed by atoms with van der Waals surface area (Å²) in [5.41, 5.74) is 4.05. The summed E-state index contributed by atoms with van der Waals surface area (Å²) in [5.74, 6) is 1.77. The van der Waals surface area contributed by atoms with Crippen LogP contribution in [-0.4, -0.2) is 22.0 Å². The number of hydrogen-bond acceptors (Lipinski definition) is 4. The van der Waals surface area contributed by atoms with Gasteiger partial charge in [0.1, 0.15) is 11.5 Å². The highest BCUT2D eigenvalue weighted by molar-refractivity contribution is 9.10. The quantitative estimate of drug-likeness (QED) is 0.918. The predicted octanol–water partition coefficient (Wildman–Crippen LogP) is 4.08. The average molecular weight is 335 g/mol. The van der Waals surface area contributed by atoms with Crippen LogP contribution in [0.4, 0.5) is 5.82 Å². The van der Waals surface area contributed by atoms with Crippen molar-refractivity contribution < 1.29 is 0 Å². The fourth-order valence-electron chi connectivity index (χ4n) is 2.07. The van der Waals surface area contributed by atoms with E-state index in [4.69, 9.17) is 0 Å². The molecule has 0 saturated heterocycles. The standard InChI is InChI=1S/C15H19BrN4/c1-8(2)12-11(16)14(17-5)20-15(19-12)13-10(4)6-9(3)7-18-13/h6-8H,1-5H3,(H,17,19,20). The number of rotatable bonds is 3. The second kappa shape index (κ2) is 5.87. The van der Waals surface area contributed by atoms with E-state index in [9.17, 15) is 0 Å². The van der Waals surface area contributed by atoms with Gasteiger partial charge in [-0.3, -0.25) is 4.98 Å². The van der Waals surface area contributed by atoms with Gasteiger partial charge in [0.2, 0.25) is 0 Å². The minimum Gasteiger partial charge on any atom is -0.372 e. The molecule has 2 aromatic heterocycles. The lowest BCUT2D eigenvalue weighted by molar-refractivity contribution is 0.809. The molecule has 2 aromatic rings. The summed E-state index contributed by atoms with van der Waals surface area (Å²) < 4.78 is 0.920. The van der Waals surface area contributed by atoms with Crippen LogP contribution < -0.4 is 5.32 Å². The molecule has 2 rings (SSSR count). The molecule has 20 heavy (non-hydrogen) atoms. The van der Waals surface area contributed by atoms with Gasteiger partial charge in [-0.2, -0.15) is 0 Å². The number of nitrogens with one attached hydrogen (secondary N) is 1.